The average molecular weight is 1010 g/mol. The molecule has 0 spiro atoms. The third kappa shape index (κ3) is 61.1. The number of ketones is 1. The minimum Gasteiger partial charge on any atom is -0.394 e. The Kier molecular flexibility index (Phi) is 62.6. The largest absolute Gasteiger partial charge is 0.394 e. The highest BCUT2D eigenvalue weighted by atomic mass is 16.3. The highest BCUT2D eigenvalue weighted by Crippen LogP contribution is 2.19. The Bertz CT molecular complexity index is 1100. The van der Waals surface area contributed by atoms with Gasteiger partial charge in [-0.3, -0.25) is 9.59 Å². The highest BCUT2D eigenvalue weighted by molar-refractivity contribution is 5.78. The van der Waals surface area contributed by atoms with Gasteiger partial charge in [-0.05, 0) is 57.8 Å². The van der Waals surface area contributed by atoms with E-state index in [1.807, 2.05) is 0 Å². The van der Waals surface area contributed by atoms with Gasteiger partial charge in [-0.25, -0.2) is 0 Å². The molecule has 0 aromatic heterocycles. The van der Waals surface area contributed by atoms with Crippen molar-refractivity contribution in [3.05, 3.63) is 24.3 Å². The van der Waals surface area contributed by atoms with E-state index >= 15 is 0 Å². The molecular formula is C68H131NO3. The second-order valence-electron chi connectivity index (χ2n) is 23.1. The zero-order valence-corrected chi connectivity index (χ0v) is 49.4. The quantitative estimate of drug-likeness (QED) is 0.0471. The van der Waals surface area contributed by atoms with Crippen LogP contribution in [-0.4, -0.2) is 29.4 Å². The highest BCUT2D eigenvalue weighted by Gasteiger charge is 2.11. The van der Waals surface area contributed by atoms with Crippen molar-refractivity contribution in [2.24, 2.45) is 0 Å². The van der Waals surface area contributed by atoms with Gasteiger partial charge in [0, 0.05) is 19.3 Å². The first-order chi connectivity index (χ1) is 35.6. The Morgan fingerprint density at radius 3 is 0.889 bits per heavy atom. The number of aliphatic hydroxyl groups is 1. The number of hydrogen-bond acceptors (Lipinski definition) is 3. The fraction of sp³-hybridized carbons (Fsp3) is 0.912. The van der Waals surface area contributed by atoms with Crippen LogP contribution in [0.25, 0.3) is 0 Å². The normalized spacial score (nSPS) is 12.3. The number of hydrogen-bond donors (Lipinski definition) is 2. The first-order valence-electron chi connectivity index (χ1n) is 33.4. The van der Waals surface area contributed by atoms with E-state index < -0.39 is 0 Å². The summed E-state index contributed by atoms with van der Waals surface area (Å²) in [6.45, 7) is 4.62. The number of unbranched alkanes of at least 4 members (excludes halogenated alkanes) is 49. The molecule has 0 aliphatic carbocycles. The predicted molar refractivity (Wildman–Crippen MR) is 321 cm³/mol. The summed E-state index contributed by atoms with van der Waals surface area (Å²) in [7, 11) is 0. The Balaban J connectivity index is 3.30. The summed E-state index contributed by atoms with van der Waals surface area (Å²) in [4.78, 5) is 24.7. The minimum absolute atomic E-state index is 0.0604. The van der Waals surface area contributed by atoms with Gasteiger partial charge in [0.1, 0.15) is 5.78 Å². The van der Waals surface area contributed by atoms with Crippen LogP contribution in [0.3, 0.4) is 0 Å². The van der Waals surface area contributed by atoms with Gasteiger partial charge < -0.3 is 10.4 Å². The van der Waals surface area contributed by atoms with E-state index in [1.165, 1.54) is 308 Å². The van der Waals surface area contributed by atoms with Crippen LogP contribution in [0.5, 0.6) is 0 Å². The second-order valence-corrected chi connectivity index (χ2v) is 23.1. The standard InChI is InChI=1S/C68H131NO3/c1-3-5-7-9-11-13-15-17-19-34-37-41-45-49-53-57-61-66(65-70)69-68(72)64-60-56-52-48-44-40-36-32-30-28-26-24-22-20-21-23-25-27-29-31-35-39-43-47-51-55-59-63-67(71)62-58-54-50-46-42-38-33-18-16-14-12-10-8-6-4-2/h12,14,18,33,66,70H,3-11,13,15-17,19-32,34-65H2,1-2H3,(H,69,72)/t66-/m0/s1. The number of nitrogens with one attached hydrogen (secondary N) is 1. The van der Waals surface area contributed by atoms with E-state index in [9.17, 15) is 14.7 Å². The molecule has 426 valence electrons. The Morgan fingerprint density at radius 1 is 0.319 bits per heavy atom. The smallest absolute Gasteiger partial charge is 0.220 e. The van der Waals surface area contributed by atoms with Gasteiger partial charge in [0.25, 0.3) is 0 Å². The second kappa shape index (κ2) is 63.9. The van der Waals surface area contributed by atoms with Gasteiger partial charge in [0.05, 0.1) is 12.6 Å². The maximum atomic E-state index is 12.5. The fourth-order valence-electron chi connectivity index (χ4n) is 10.7. The molecule has 0 heterocycles. The number of rotatable bonds is 63. The molecule has 0 fully saturated rings. The molecule has 2 N–H and O–H groups in total. The lowest BCUT2D eigenvalue weighted by Gasteiger charge is -2.16. The molecule has 4 nitrogen and oxygen atoms in total. The lowest BCUT2D eigenvalue weighted by molar-refractivity contribution is -0.122. The molecular weight excluding hydrogens is 879 g/mol. The van der Waals surface area contributed by atoms with E-state index in [1.54, 1.807) is 0 Å². The molecule has 0 aromatic rings. The molecule has 4 heteroatoms. The number of carbonyl (C=O) groups excluding carboxylic acids is 2. The van der Waals surface area contributed by atoms with Crippen LogP contribution >= 0.6 is 0 Å². The zero-order chi connectivity index (χ0) is 52.0. The van der Waals surface area contributed by atoms with Crippen LogP contribution in [0.4, 0.5) is 0 Å². The number of aliphatic hydroxyl groups excluding tert-OH is 1. The number of allylic oxidation sites excluding steroid dienone is 4. The maximum Gasteiger partial charge on any atom is 0.220 e. The summed E-state index contributed by atoms with van der Waals surface area (Å²) in [6, 6.07) is -0.0604. The van der Waals surface area contributed by atoms with E-state index in [-0.39, 0.29) is 18.6 Å². The molecule has 0 bridgehead atoms. The summed E-state index contributed by atoms with van der Waals surface area (Å²) in [5.74, 6) is 0.642. The van der Waals surface area contributed by atoms with Crippen LogP contribution in [0.1, 0.15) is 386 Å². The van der Waals surface area contributed by atoms with Gasteiger partial charge in [-0.2, -0.15) is 0 Å². The van der Waals surface area contributed by atoms with E-state index in [4.69, 9.17) is 0 Å². The lowest BCUT2D eigenvalue weighted by atomic mass is 10.0. The van der Waals surface area contributed by atoms with Crippen molar-refractivity contribution in [1.82, 2.24) is 5.32 Å². The third-order valence-corrected chi connectivity index (χ3v) is 15.8. The molecule has 0 aliphatic rings. The molecule has 0 aliphatic heterocycles. The van der Waals surface area contributed by atoms with Crippen LogP contribution in [0.15, 0.2) is 24.3 Å². The predicted octanol–water partition coefficient (Wildman–Crippen LogP) is 22.8. The third-order valence-electron chi connectivity index (χ3n) is 15.8. The zero-order valence-electron chi connectivity index (χ0n) is 49.4. The van der Waals surface area contributed by atoms with Gasteiger partial charge in [0.2, 0.25) is 5.91 Å². The van der Waals surface area contributed by atoms with Crippen molar-refractivity contribution in [2.45, 2.75) is 392 Å². The maximum absolute atomic E-state index is 12.5. The molecule has 0 unspecified atom stereocenters. The van der Waals surface area contributed by atoms with E-state index in [0.29, 0.717) is 12.2 Å². The van der Waals surface area contributed by atoms with Gasteiger partial charge in [-0.15, -0.1) is 0 Å². The molecule has 1 amide bonds. The Hall–Kier alpha value is -1.42. The Labute approximate surface area is 452 Å². The molecule has 0 radical (unpaired) electrons. The Morgan fingerprint density at radius 2 is 0.569 bits per heavy atom. The van der Waals surface area contributed by atoms with E-state index in [0.717, 1.165) is 57.8 Å². The SMILES string of the molecule is CCCCCC=CCC=CCCCCCCCC(=O)CCCCCCCCCCCCCCCCCCCCCCCCCCCCCC(=O)N[C@H](CO)CCCCCCCCCCCCCCCCCC. The van der Waals surface area contributed by atoms with Crippen molar-refractivity contribution < 1.29 is 14.7 Å². The first-order valence-corrected chi connectivity index (χ1v) is 33.4. The summed E-state index contributed by atoms with van der Waals surface area (Å²) in [5.41, 5.74) is 0. The van der Waals surface area contributed by atoms with Gasteiger partial charge in [0.15, 0.2) is 0 Å². The van der Waals surface area contributed by atoms with Crippen molar-refractivity contribution in [1.29, 1.82) is 0 Å². The molecule has 0 rings (SSSR count). The number of amides is 1. The average Bonchev–Trinajstić information content (AvgIpc) is 3.38. The van der Waals surface area contributed by atoms with Gasteiger partial charge >= 0.3 is 0 Å². The molecule has 0 saturated carbocycles. The van der Waals surface area contributed by atoms with Crippen LogP contribution in [0, 0.1) is 0 Å². The molecule has 0 aromatic carbocycles. The topological polar surface area (TPSA) is 66.4 Å². The van der Waals surface area contributed by atoms with Crippen LogP contribution in [-0.2, 0) is 9.59 Å². The van der Waals surface area contributed by atoms with Crippen molar-refractivity contribution in [3.8, 4) is 0 Å². The van der Waals surface area contributed by atoms with Crippen LogP contribution in [0.2, 0.25) is 0 Å². The first kappa shape index (κ1) is 70.6. The lowest BCUT2D eigenvalue weighted by Crippen LogP contribution is -2.37. The fourth-order valence-corrected chi connectivity index (χ4v) is 10.7. The molecule has 72 heavy (non-hydrogen) atoms. The number of Topliss-reactive ketones (excluding diaryl/α,β-unsaturated/α-hetero) is 1. The van der Waals surface area contributed by atoms with Crippen LogP contribution < -0.4 is 5.32 Å². The summed E-state index contributed by atoms with van der Waals surface area (Å²) in [6.07, 6.45) is 84.8. The van der Waals surface area contributed by atoms with E-state index in [2.05, 4.69) is 43.5 Å². The minimum atomic E-state index is -0.0604. The van der Waals surface area contributed by atoms with Crippen molar-refractivity contribution in [2.75, 3.05) is 6.61 Å². The summed E-state index contributed by atoms with van der Waals surface area (Å²) >= 11 is 0. The van der Waals surface area contributed by atoms with Crippen molar-refractivity contribution in [3.63, 3.8) is 0 Å². The molecule has 1 atom stereocenters. The van der Waals surface area contributed by atoms with Crippen molar-refractivity contribution >= 4 is 11.7 Å². The summed E-state index contributed by atoms with van der Waals surface area (Å²) in [5, 5.41) is 12.9. The monoisotopic (exact) mass is 1010 g/mol. The molecule has 0 saturated heterocycles. The number of carbonyl (C=O) groups is 2. The summed E-state index contributed by atoms with van der Waals surface area (Å²) < 4.78 is 0. The van der Waals surface area contributed by atoms with Gasteiger partial charge in [-0.1, -0.05) is 334 Å².